The number of nitrogens with zero attached hydrogens (tertiary/aromatic N) is 1. The number of carbonyl (C=O) groups excluding carboxylic acids is 1. The average molecular weight is 322 g/mol. The maximum absolute atomic E-state index is 11.4. The maximum atomic E-state index is 11.4. The fraction of sp³-hybridized carbons (Fsp3) is 0.444. The maximum Gasteiger partial charge on any atom is 0.321 e. The number of halogens is 1. The zero-order valence-electron chi connectivity index (χ0n) is 9.07. The standard InChI is InChI=1S/C9H12BrN3O3S/c1-2-5(7(14)15)3-11-8(16)13-9-12-4-6(10)17-9/h4-5H,2-3H2,1H3,(H,14,15)(H2,11,12,13,16). The molecule has 0 saturated heterocycles. The van der Waals surface area contributed by atoms with E-state index in [-0.39, 0.29) is 6.54 Å². The van der Waals surface area contributed by atoms with Crippen molar-refractivity contribution < 1.29 is 14.7 Å². The zero-order chi connectivity index (χ0) is 12.8. The number of hydrogen-bond acceptors (Lipinski definition) is 4. The highest BCUT2D eigenvalue weighted by Crippen LogP contribution is 2.22. The van der Waals surface area contributed by atoms with E-state index in [4.69, 9.17) is 5.11 Å². The van der Waals surface area contributed by atoms with Crippen molar-refractivity contribution >= 4 is 44.4 Å². The SMILES string of the molecule is CCC(CNC(=O)Nc1ncc(Br)s1)C(=O)O. The Hall–Kier alpha value is -1.15. The number of aromatic nitrogens is 1. The molecule has 17 heavy (non-hydrogen) atoms. The first-order chi connectivity index (χ1) is 8.02. The molecule has 0 saturated carbocycles. The molecule has 0 aliphatic carbocycles. The van der Waals surface area contributed by atoms with E-state index in [0.29, 0.717) is 11.6 Å². The molecule has 0 aliphatic heterocycles. The van der Waals surface area contributed by atoms with Crippen molar-refractivity contribution in [2.75, 3.05) is 11.9 Å². The van der Waals surface area contributed by atoms with Crippen LogP contribution in [0.4, 0.5) is 9.93 Å². The summed E-state index contributed by atoms with van der Waals surface area (Å²) in [6.45, 7) is 1.86. The molecule has 0 aromatic carbocycles. The summed E-state index contributed by atoms with van der Waals surface area (Å²) in [4.78, 5) is 26.0. The normalized spacial score (nSPS) is 11.9. The molecule has 1 rings (SSSR count). The Bertz CT molecular complexity index is 410. The number of hydrogen-bond donors (Lipinski definition) is 3. The van der Waals surface area contributed by atoms with Crippen LogP contribution in [0.3, 0.4) is 0 Å². The lowest BCUT2D eigenvalue weighted by molar-refractivity contribution is -0.141. The summed E-state index contributed by atoms with van der Waals surface area (Å²) < 4.78 is 0.810. The van der Waals surface area contributed by atoms with Crippen molar-refractivity contribution in [3.63, 3.8) is 0 Å². The Labute approximate surface area is 111 Å². The number of carbonyl (C=O) groups is 2. The largest absolute Gasteiger partial charge is 0.481 e. The lowest BCUT2D eigenvalue weighted by Gasteiger charge is -2.10. The minimum atomic E-state index is -0.912. The monoisotopic (exact) mass is 321 g/mol. The van der Waals surface area contributed by atoms with Crippen molar-refractivity contribution in [1.82, 2.24) is 10.3 Å². The van der Waals surface area contributed by atoms with E-state index >= 15 is 0 Å². The molecule has 1 aromatic heterocycles. The molecule has 0 fully saturated rings. The molecule has 0 spiro atoms. The topological polar surface area (TPSA) is 91.3 Å². The van der Waals surface area contributed by atoms with Crippen LogP contribution in [-0.2, 0) is 4.79 Å². The summed E-state index contributed by atoms with van der Waals surface area (Å²) >= 11 is 4.50. The fourth-order valence-corrected chi connectivity index (χ4v) is 2.18. The number of amides is 2. The van der Waals surface area contributed by atoms with E-state index in [0.717, 1.165) is 3.79 Å². The van der Waals surface area contributed by atoms with Crippen molar-refractivity contribution in [3.05, 3.63) is 9.98 Å². The van der Waals surface area contributed by atoms with Crippen LogP contribution in [0.5, 0.6) is 0 Å². The van der Waals surface area contributed by atoms with Gasteiger partial charge in [-0.1, -0.05) is 18.3 Å². The van der Waals surface area contributed by atoms with Gasteiger partial charge in [0.1, 0.15) is 0 Å². The van der Waals surface area contributed by atoms with Gasteiger partial charge in [-0.05, 0) is 22.4 Å². The predicted octanol–water partition coefficient (Wildman–Crippen LogP) is 2.14. The molecule has 0 aliphatic rings. The van der Waals surface area contributed by atoms with Crippen molar-refractivity contribution in [2.24, 2.45) is 5.92 Å². The van der Waals surface area contributed by atoms with Crippen LogP contribution in [0.25, 0.3) is 0 Å². The number of anilines is 1. The summed E-state index contributed by atoms with van der Waals surface area (Å²) in [5.41, 5.74) is 0. The molecule has 3 N–H and O–H groups in total. The minimum absolute atomic E-state index is 0.101. The lowest BCUT2D eigenvalue weighted by Crippen LogP contribution is -2.35. The Balaban J connectivity index is 2.37. The van der Waals surface area contributed by atoms with Gasteiger partial charge in [0.15, 0.2) is 5.13 Å². The van der Waals surface area contributed by atoms with Gasteiger partial charge in [-0.3, -0.25) is 10.1 Å². The number of rotatable bonds is 5. The van der Waals surface area contributed by atoms with Gasteiger partial charge in [-0.15, -0.1) is 0 Å². The summed E-state index contributed by atoms with van der Waals surface area (Å²) in [5.74, 6) is -1.48. The molecule has 8 heteroatoms. The third-order valence-electron chi connectivity index (χ3n) is 2.05. The van der Waals surface area contributed by atoms with Crippen LogP contribution in [0, 0.1) is 5.92 Å². The second-order valence-electron chi connectivity index (χ2n) is 3.25. The average Bonchev–Trinajstić information content (AvgIpc) is 2.64. The highest BCUT2D eigenvalue weighted by molar-refractivity contribution is 9.11. The number of thiazole rings is 1. The molecule has 6 nitrogen and oxygen atoms in total. The number of urea groups is 1. The minimum Gasteiger partial charge on any atom is -0.481 e. The second kappa shape index (κ2) is 6.55. The molecule has 1 atom stereocenters. The Morgan fingerprint density at radius 2 is 2.35 bits per heavy atom. The van der Waals surface area contributed by atoms with Gasteiger partial charge in [0, 0.05) is 6.54 Å². The molecular formula is C9H12BrN3O3S. The van der Waals surface area contributed by atoms with E-state index in [2.05, 4.69) is 31.5 Å². The summed E-state index contributed by atoms with van der Waals surface area (Å²) in [7, 11) is 0. The van der Waals surface area contributed by atoms with E-state index in [1.54, 1.807) is 13.1 Å². The molecule has 1 heterocycles. The van der Waals surface area contributed by atoms with Gasteiger partial charge in [0.05, 0.1) is 15.9 Å². The highest BCUT2D eigenvalue weighted by atomic mass is 79.9. The van der Waals surface area contributed by atoms with Crippen LogP contribution < -0.4 is 10.6 Å². The second-order valence-corrected chi connectivity index (χ2v) is 5.66. The van der Waals surface area contributed by atoms with E-state index in [9.17, 15) is 9.59 Å². The first-order valence-electron chi connectivity index (χ1n) is 4.92. The molecule has 1 unspecified atom stereocenters. The van der Waals surface area contributed by atoms with E-state index in [1.165, 1.54) is 11.3 Å². The molecule has 94 valence electrons. The first kappa shape index (κ1) is 13.9. The number of carboxylic acids is 1. The zero-order valence-corrected chi connectivity index (χ0v) is 11.5. The van der Waals surface area contributed by atoms with Gasteiger partial charge in [0.2, 0.25) is 0 Å². The van der Waals surface area contributed by atoms with Gasteiger partial charge in [0.25, 0.3) is 0 Å². The van der Waals surface area contributed by atoms with Crippen LogP contribution in [-0.4, -0.2) is 28.6 Å². The molecule has 0 radical (unpaired) electrons. The van der Waals surface area contributed by atoms with Crippen LogP contribution in [0.1, 0.15) is 13.3 Å². The third kappa shape index (κ3) is 4.70. The lowest BCUT2D eigenvalue weighted by atomic mass is 10.1. The van der Waals surface area contributed by atoms with Crippen LogP contribution in [0.15, 0.2) is 9.98 Å². The third-order valence-corrected chi connectivity index (χ3v) is 3.44. The first-order valence-corrected chi connectivity index (χ1v) is 6.52. The number of carboxylic acid groups (broad SMARTS) is 1. The molecule has 0 bridgehead atoms. The van der Waals surface area contributed by atoms with Crippen molar-refractivity contribution in [2.45, 2.75) is 13.3 Å². The molecular weight excluding hydrogens is 310 g/mol. The van der Waals surface area contributed by atoms with E-state index < -0.39 is 17.9 Å². The summed E-state index contributed by atoms with van der Waals surface area (Å²) in [6, 6.07) is -0.452. The Kier molecular flexibility index (Phi) is 5.36. The van der Waals surface area contributed by atoms with Crippen molar-refractivity contribution in [1.29, 1.82) is 0 Å². The fourth-order valence-electron chi connectivity index (χ4n) is 1.08. The Morgan fingerprint density at radius 1 is 1.65 bits per heavy atom. The van der Waals surface area contributed by atoms with Gasteiger partial charge in [-0.25, -0.2) is 9.78 Å². The number of aliphatic carboxylic acids is 1. The van der Waals surface area contributed by atoms with Crippen LogP contribution in [0.2, 0.25) is 0 Å². The number of nitrogens with one attached hydrogen (secondary N) is 2. The highest BCUT2D eigenvalue weighted by Gasteiger charge is 2.16. The van der Waals surface area contributed by atoms with Crippen molar-refractivity contribution in [3.8, 4) is 0 Å². The van der Waals surface area contributed by atoms with Gasteiger partial charge in [-0.2, -0.15) is 0 Å². The van der Waals surface area contributed by atoms with E-state index in [1.807, 2.05) is 0 Å². The van der Waals surface area contributed by atoms with Gasteiger partial charge < -0.3 is 10.4 Å². The quantitative estimate of drug-likeness (QED) is 0.774. The van der Waals surface area contributed by atoms with Gasteiger partial charge >= 0.3 is 12.0 Å². The smallest absolute Gasteiger partial charge is 0.321 e. The predicted molar refractivity (Wildman–Crippen MR) is 68.3 cm³/mol. The molecule has 1 aromatic rings. The summed E-state index contributed by atoms with van der Waals surface area (Å²) in [5, 5.41) is 14.3. The summed E-state index contributed by atoms with van der Waals surface area (Å²) in [6.07, 6.45) is 2.05. The van der Waals surface area contributed by atoms with Crippen LogP contribution >= 0.6 is 27.3 Å². The molecule has 2 amide bonds. The Morgan fingerprint density at radius 3 is 2.82 bits per heavy atom.